The maximum absolute atomic E-state index is 13.3. The summed E-state index contributed by atoms with van der Waals surface area (Å²) >= 11 is 6.08. The molecule has 1 unspecified atom stereocenters. The maximum Gasteiger partial charge on any atom is 0.261 e. The Morgan fingerprint density at radius 1 is 1.20 bits per heavy atom. The predicted octanol–water partition coefficient (Wildman–Crippen LogP) is 4.02. The van der Waals surface area contributed by atoms with E-state index in [2.05, 4.69) is 15.3 Å². The first-order valence-electron chi connectivity index (χ1n) is 9.78. The van der Waals surface area contributed by atoms with Crippen LogP contribution in [0.4, 0.5) is 5.95 Å². The van der Waals surface area contributed by atoms with Crippen LogP contribution in [-0.4, -0.2) is 54.1 Å². The first-order valence-corrected chi connectivity index (χ1v) is 10.2. The van der Waals surface area contributed by atoms with Gasteiger partial charge < -0.3 is 19.7 Å². The van der Waals surface area contributed by atoms with E-state index in [0.29, 0.717) is 41.1 Å². The van der Waals surface area contributed by atoms with Crippen LogP contribution in [0.25, 0.3) is 10.9 Å². The van der Waals surface area contributed by atoms with Crippen molar-refractivity contribution in [3.05, 3.63) is 53.2 Å². The second-order valence-corrected chi connectivity index (χ2v) is 7.61. The molecular formula is C22H23ClN4O3. The zero-order chi connectivity index (χ0) is 21.1. The van der Waals surface area contributed by atoms with Gasteiger partial charge in [0.25, 0.3) is 5.91 Å². The van der Waals surface area contributed by atoms with Gasteiger partial charge in [0.05, 0.1) is 19.7 Å². The molecule has 1 N–H and O–H groups in total. The van der Waals surface area contributed by atoms with Gasteiger partial charge in [-0.1, -0.05) is 17.7 Å². The lowest BCUT2D eigenvalue weighted by atomic mass is 10.0. The third-order valence-electron chi connectivity index (χ3n) is 5.23. The zero-order valence-electron chi connectivity index (χ0n) is 16.9. The fraction of sp³-hybridized carbons (Fsp3) is 0.318. The van der Waals surface area contributed by atoms with E-state index >= 15 is 0 Å². The Hall–Kier alpha value is -3.06. The van der Waals surface area contributed by atoms with E-state index in [1.807, 2.05) is 23.1 Å². The van der Waals surface area contributed by atoms with Crippen molar-refractivity contribution in [1.29, 1.82) is 0 Å². The lowest BCUT2D eigenvalue weighted by molar-refractivity contribution is 0.0707. The van der Waals surface area contributed by atoms with E-state index < -0.39 is 0 Å². The van der Waals surface area contributed by atoms with E-state index in [0.717, 1.165) is 23.7 Å². The van der Waals surface area contributed by atoms with E-state index in [9.17, 15) is 4.79 Å². The third-order valence-corrected chi connectivity index (χ3v) is 5.46. The van der Waals surface area contributed by atoms with Crippen LogP contribution >= 0.6 is 11.6 Å². The Morgan fingerprint density at radius 2 is 1.97 bits per heavy atom. The minimum Gasteiger partial charge on any atom is -0.496 e. The lowest BCUT2D eigenvalue weighted by Crippen LogP contribution is -2.45. The van der Waals surface area contributed by atoms with Gasteiger partial charge in [0, 0.05) is 35.7 Å². The first kappa shape index (κ1) is 20.2. The number of fused-ring (bicyclic) bond motifs is 1. The van der Waals surface area contributed by atoms with Crippen LogP contribution in [-0.2, 0) is 0 Å². The molecule has 1 atom stereocenters. The number of amides is 1. The Morgan fingerprint density at radius 3 is 2.70 bits per heavy atom. The number of benzene rings is 2. The summed E-state index contributed by atoms with van der Waals surface area (Å²) in [6, 6.07) is 10.9. The molecule has 30 heavy (non-hydrogen) atoms. The van der Waals surface area contributed by atoms with Crippen molar-refractivity contribution in [2.45, 2.75) is 18.9 Å². The summed E-state index contributed by atoms with van der Waals surface area (Å²) in [6.07, 6.45) is 3.57. The SMILES string of the molecule is COc1cccc(OC)c1C(=O)N1CCCC(Nc2ncc3ccc(Cl)cc3n2)C1. The highest BCUT2D eigenvalue weighted by molar-refractivity contribution is 6.31. The largest absolute Gasteiger partial charge is 0.496 e. The number of hydrogen-bond acceptors (Lipinski definition) is 6. The highest BCUT2D eigenvalue weighted by atomic mass is 35.5. The van der Waals surface area contributed by atoms with E-state index in [4.69, 9.17) is 21.1 Å². The third kappa shape index (κ3) is 4.11. The number of carbonyl (C=O) groups is 1. The second-order valence-electron chi connectivity index (χ2n) is 7.17. The molecule has 0 spiro atoms. The van der Waals surface area contributed by atoms with Gasteiger partial charge in [0.2, 0.25) is 5.95 Å². The summed E-state index contributed by atoms with van der Waals surface area (Å²) in [5, 5.41) is 4.92. The number of halogens is 1. The molecule has 0 saturated carbocycles. The molecule has 1 amide bonds. The van der Waals surface area contributed by atoms with Crippen LogP contribution in [0.5, 0.6) is 11.5 Å². The summed E-state index contributed by atoms with van der Waals surface area (Å²) in [5.74, 6) is 1.43. The molecule has 0 radical (unpaired) electrons. The Kier molecular flexibility index (Phi) is 5.90. The summed E-state index contributed by atoms with van der Waals surface area (Å²) in [7, 11) is 3.10. The van der Waals surface area contributed by atoms with Crippen molar-refractivity contribution in [1.82, 2.24) is 14.9 Å². The number of aromatic nitrogens is 2. The zero-order valence-corrected chi connectivity index (χ0v) is 17.6. The molecule has 2 aromatic carbocycles. The first-order chi connectivity index (χ1) is 14.6. The van der Waals surface area contributed by atoms with Crippen molar-refractivity contribution >= 4 is 34.4 Å². The van der Waals surface area contributed by atoms with Gasteiger partial charge in [-0.15, -0.1) is 0 Å². The number of piperidine rings is 1. The Balaban J connectivity index is 1.52. The van der Waals surface area contributed by atoms with Crippen molar-refractivity contribution < 1.29 is 14.3 Å². The molecule has 3 aromatic rings. The fourth-order valence-corrected chi connectivity index (χ4v) is 3.91. The maximum atomic E-state index is 13.3. The van der Waals surface area contributed by atoms with Crippen molar-refractivity contribution in [2.24, 2.45) is 0 Å². The van der Waals surface area contributed by atoms with E-state index in [-0.39, 0.29) is 11.9 Å². The molecule has 156 valence electrons. The quantitative estimate of drug-likeness (QED) is 0.664. The number of carbonyl (C=O) groups excluding carboxylic acids is 1. The molecule has 2 heterocycles. The number of nitrogens with zero attached hydrogens (tertiary/aromatic N) is 3. The Labute approximate surface area is 180 Å². The van der Waals surface area contributed by atoms with Crippen LogP contribution in [0.1, 0.15) is 23.2 Å². The minimum absolute atomic E-state index is 0.0417. The van der Waals surface area contributed by atoms with Gasteiger partial charge in [-0.3, -0.25) is 4.79 Å². The molecule has 0 bridgehead atoms. The van der Waals surface area contributed by atoms with E-state index in [1.54, 1.807) is 38.6 Å². The van der Waals surface area contributed by atoms with Crippen LogP contribution in [0.15, 0.2) is 42.6 Å². The van der Waals surface area contributed by atoms with Gasteiger partial charge in [0.15, 0.2) is 0 Å². The van der Waals surface area contributed by atoms with Crippen molar-refractivity contribution in [3.63, 3.8) is 0 Å². The number of hydrogen-bond donors (Lipinski definition) is 1. The second kappa shape index (κ2) is 8.75. The summed E-state index contributed by atoms with van der Waals surface area (Å²) < 4.78 is 10.8. The molecule has 4 rings (SSSR count). The molecular weight excluding hydrogens is 404 g/mol. The molecule has 1 aliphatic heterocycles. The van der Waals surface area contributed by atoms with Gasteiger partial charge in [-0.25, -0.2) is 9.97 Å². The van der Waals surface area contributed by atoms with Gasteiger partial charge in [-0.2, -0.15) is 0 Å². The number of ether oxygens (including phenoxy) is 2. The number of rotatable bonds is 5. The predicted molar refractivity (Wildman–Crippen MR) is 117 cm³/mol. The number of likely N-dealkylation sites (tertiary alicyclic amines) is 1. The Bertz CT molecular complexity index is 1050. The minimum atomic E-state index is -0.109. The molecule has 7 nitrogen and oxygen atoms in total. The summed E-state index contributed by atoms with van der Waals surface area (Å²) in [6.45, 7) is 1.21. The molecule has 1 saturated heterocycles. The van der Waals surface area contributed by atoms with Gasteiger partial charge in [0.1, 0.15) is 17.1 Å². The topological polar surface area (TPSA) is 76.6 Å². The van der Waals surface area contributed by atoms with E-state index in [1.165, 1.54) is 0 Å². The van der Waals surface area contributed by atoms with Gasteiger partial charge in [-0.05, 0) is 43.2 Å². The molecule has 0 aliphatic carbocycles. The number of anilines is 1. The monoisotopic (exact) mass is 426 g/mol. The molecule has 8 heteroatoms. The molecule has 1 aromatic heterocycles. The smallest absolute Gasteiger partial charge is 0.261 e. The molecule has 1 aliphatic rings. The van der Waals surface area contributed by atoms with Crippen molar-refractivity contribution in [3.8, 4) is 11.5 Å². The highest BCUT2D eigenvalue weighted by Crippen LogP contribution is 2.30. The van der Waals surface area contributed by atoms with Crippen molar-refractivity contribution in [2.75, 3.05) is 32.6 Å². The number of nitrogens with one attached hydrogen (secondary N) is 1. The van der Waals surface area contributed by atoms with Gasteiger partial charge >= 0.3 is 0 Å². The fourth-order valence-electron chi connectivity index (χ4n) is 3.75. The van der Waals surface area contributed by atoms with Crippen LogP contribution < -0.4 is 14.8 Å². The average Bonchev–Trinajstić information content (AvgIpc) is 2.77. The number of methoxy groups -OCH3 is 2. The highest BCUT2D eigenvalue weighted by Gasteiger charge is 2.29. The van der Waals surface area contributed by atoms with Crippen LogP contribution in [0.3, 0.4) is 0 Å². The van der Waals surface area contributed by atoms with Crippen LogP contribution in [0, 0.1) is 0 Å². The molecule has 1 fully saturated rings. The normalized spacial score (nSPS) is 16.4. The standard InChI is InChI=1S/C22H23ClN4O3/c1-29-18-6-3-7-19(30-2)20(18)21(28)27-10-4-5-16(13-27)25-22-24-12-14-8-9-15(23)11-17(14)26-22/h3,6-9,11-12,16H,4-5,10,13H2,1-2H3,(H,24,25,26). The summed E-state index contributed by atoms with van der Waals surface area (Å²) in [4.78, 5) is 24.0. The summed E-state index contributed by atoms with van der Waals surface area (Å²) in [5.41, 5.74) is 1.22. The lowest BCUT2D eigenvalue weighted by Gasteiger charge is -2.33. The van der Waals surface area contributed by atoms with Crippen LogP contribution in [0.2, 0.25) is 5.02 Å². The average molecular weight is 427 g/mol.